The van der Waals surface area contributed by atoms with Gasteiger partial charge < -0.3 is 10.6 Å². The molecule has 1 fully saturated rings. The van der Waals surface area contributed by atoms with Gasteiger partial charge in [0, 0.05) is 19.2 Å². The van der Waals surface area contributed by atoms with E-state index in [0.29, 0.717) is 13.1 Å². The number of rotatable bonds is 3. The summed E-state index contributed by atoms with van der Waals surface area (Å²) in [5, 5.41) is 0. The van der Waals surface area contributed by atoms with Crippen molar-refractivity contribution >= 4 is 17.4 Å². The highest BCUT2D eigenvalue weighted by Gasteiger charge is 2.26. The molecule has 0 aliphatic carbocycles. The summed E-state index contributed by atoms with van der Waals surface area (Å²) in [6.45, 7) is 2.82. The molecule has 1 atom stereocenters. The van der Waals surface area contributed by atoms with E-state index in [-0.39, 0.29) is 23.5 Å². The Bertz CT molecular complexity index is 566. The van der Waals surface area contributed by atoms with Crippen LogP contribution in [0.3, 0.4) is 0 Å². The van der Waals surface area contributed by atoms with Crippen LogP contribution in [0, 0.1) is 11.7 Å². The Morgan fingerprint density at radius 2 is 2.00 bits per heavy atom. The number of piperidine rings is 1. The van der Waals surface area contributed by atoms with Gasteiger partial charge in [-0.1, -0.05) is 12.1 Å². The van der Waals surface area contributed by atoms with Crippen molar-refractivity contribution in [3.8, 4) is 0 Å². The molecule has 2 N–H and O–H groups in total. The van der Waals surface area contributed by atoms with Gasteiger partial charge in [0.15, 0.2) is 0 Å². The maximum absolute atomic E-state index is 12.9. The Balaban J connectivity index is 2.07. The van der Waals surface area contributed by atoms with E-state index in [1.807, 2.05) is 0 Å². The van der Waals surface area contributed by atoms with Crippen LogP contribution in [0.2, 0.25) is 0 Å². The molecule has 0 saturated carbocycles. The third kappa shape index (κ3) is 3.90. The molecule has 112 valence electrons. The Morgan fingerprint density at radius 3 is 2.62 bits per heavy atom. The zero-order valence-corrected chi connectivity index (χ0v) is 12.0. The van der Waals surface area contributed by atoms with Crippen LogP contribution in [0.1, 0.15) is 25.3 Å². The molecule has 1 aromatic rings. The summed E-state index contributed by atoms with van der Waals surface area (Å²) in [6.07, 6.45) is 3.04. The van der Waals surface area contributed by atoms with Crippen molar-refractivity contribution in [1.29, 1.82) is 0 Å². The highest BCUT2D eigenvalue weighted by atomic mass is 19.1. The number of benzene rings is 1. The molecule has 0 unspecified atom stereocenters. The molecule has 4 nitrogen and oxygen atoms in total. The normalized spacial score (nSPS) is 19.4. The third-order valence-electron chi connectivity index (χ3n) is 3.77. The standard InChI is InChI=1S/C16H19FN2O2/c1-11(12-4-6-14(17)7-5-12)9-15(20)19-8-2-3-13(10-19)16(18)21/h4-7,9,13H,2-3,8,10H2,1H3,(H2,18,21)/b11-9+/t13-/m0/s1. The van der Waals surface area contributed by atoms with Crippen LogP contribution < -0.4 is 5.73 Å². The van der Waals surface area contributed by atoms with Crippen molar-refractivity contribution in [2.45, 2.75) is 19.8 Å². The van der Waals surface area contributed by atoms with Gasteiger partial charge in [0.25, 0.3) is 0 Å². The fourth-order valence-corrected chi connectivity index (χ4v) is 2.48. The van der Waals surface area contributed by atoms with E-state index in [2.05, 4.69) is 0 Å². The van der Waals surface area contributed by atoms with Crippen LogP contribution in [-0.2, 0) is 9.59 Å². The fourth-order valence-electron chi connectivity index (χ4n) is 2.48. The zero-order valence-electron chi connectivity index (χ0n) is 12.0. The monoisotopic (exact) mass is 290 g/mol. The lowest BCUT2D eigenvalue weighted by molar-refractivity contribution is -0.130. The Labute approximate surface area is 123 Å². The van der Waals surface area contributed by atoms with Crippen molar-refractivity contribution < 1.29 is 14.0 Å². The number of hydrogen-bond donors (Lipinski definition) is 1. The molecule has 0 bridgehead atoms. The first-order valence-electron chi connectivity index (χ1n) is 7.00. The maximum Gasteiger partial charge on any atom is 0.246 e. The number of allylic oxidation sites excluding steroid dienone is 1. The lowest BCUT2D eigenvalue weighted by atomic mass is 9.97. The molecular weight excluding hydrogens is 271 g/mol. The second kappa shape index (κ2) is 6.52. The molecule has 2 rings (SSSR count). The van der Waals surface area contributed by atoms with Gasteiger partial charge in [-0.2, -0.15) is 0 Å². The molecule has 2 amide bonds. The Kier molecular flexibility index (Phi) is 4.73. The summed E-state index contributed by atoms with van der Waals surface area (Å²) in [5.74, 6) is -1.06. The minimum absolute atomic E-state index is 0.136. The topological polar surface area (TPSA) is 63.4 Å². The number of primary amides is 1. The van der Waals surface area contributed by atoms with Crippen LogP contribution in [0.5, 0.6) is 0 Å². The molecule has 0 radical (unpaired) electrons. The van der Waals surface area contributed by atoms with Crippen LogP contribution in [0.25, 0.3) is 5.57 Å². The number of hydrogen-bond acceptors (Lipinski definition) is 2. The van der Waals surface area contributed by atoms with Gasteiger partial charge in [-0.05, 0) is 43.0 Å². The number of nitrogens with zero attached hydrogens (tertiary/aromatic N) is 1. The van der Waals surface area contributed by atoms with Crippen molar-refractivity contribution in [2.24, 2.45) is 11.7 Å². The molecule has 1 aromatic carbocycles. The van der Waals surface area contributed by atoms with E-state index in [0.717, 1.165) is 24.0 Å². The molecule has 1 aliphatic heterocycles. The first-order valence-corrected chi connectivity index (χ1v) is 7.00. The van der Waals surface area contributed by atoms with Crippen LogP contribution in [-0.4, -0.2) is 29.8 Å². The SMILES string of the molecule is C/C(=C\C(=O)N1CCC[C@H](C(N)=O)C1)c1ccc(F)cc1. The summed E-state index contributed by atoms with van der Waals surface area (Å²) in [7, 11) is 0. The lowest BCUT2D eigenvalue weighted by Gasteiger charge is -2.30. The number of carbonyl (C=O) groups excluding carboxylic acids is 2. The smallest absolute Gasteiger partial charge is 0.246 e. The van der Waals surface area contributed by atoms with E-state index in [4.69, 9.17) is 5.73 Å². The van der Waals surface area contributed by atoms with Crippen molar-refractivity contribution in [3.05, 3.63) is 41.7 Å². The largest absolute Gasteiger partial charge is 0.369 e. The van der Waals surface area contributed by atoms with E-state index >= 15 is 0 Å². The minimum Gasteiger partial charge on any atom is -0.369 e. The first-order chi connectivity index (χ1) is 9.97. The predicted molar refractivity (Wildman–Crippen MR) is 78.5 cm³/mol. The molecule has 0 aromatic heterocycles. The van der Waals surface area contributed by atoms with Crippen molar-refractivity contribution in [2.75, 3.05) is 13.1 Å². The molecule has 5 heteroatoms. The number of carbonyl (C=O) groups is 2. The van der Waals surface area contributed by atoms with Gasteiger partial charge in [-0.15, -0.1) is 0 Å². The van der Waals surface area contributed by atoms with Crippen LogP contribution >= 0.6 is 0 Å². The summed E-state index contributed by atoms with van der Waals surface area (Å²) in [6, 6.07) is 6.00. The molecule has 1 aliphatic rings. The van der Waals surface area contributed by atoms with E-state index in [9.17, 15) is 14.0 Å². The lowest BCUT2D eigenvalue weighted by Crippen LogP contribution is -2.43. The fraction of sp³-hybridized carbons (Fsp3) is 0.375. The average Bonchev–Trinajstić information content (AvgIpc) is 2.48. The van der Waals surface area contributed by atoms with Gasteiger partial charge in [0.05, 0.1) is 5.92 Å². The molecular formula is C16H19FN2O2. The quantitative estimate of drug-likeness (QED) is 0.865. The van der Waals surface area contributed by atoms with Crippen molar-refractivity contribution in [1.82, 2.24) is 4.90 Å². The van der Waals surface area contributed by atoms with Gasteiger partial charge in [-0.3, -0.25) is 9.59 Å². The summed E-state index contributed by atoms with van der Waals surface area (Å²) >= 11 is 0. The maximum atomic E-state index is 12.9. The molecule has 1 heterocycles. The van der Waals surface area contributed by atoms with Gasteiger partial charge >= 0.3 is 0 Å². The summed E-state index contributed by atoms with van der Waals surface area (Å²) in [4.78, 5) is 25.1. The van der Waals surface area contributed by atoms with Gasteiger partial charge in [0.1, 0.15) is 5.82 Å². The predicted octanol–water partition coefficient (Wildman–Crippen LogP) is 1.95. The van der Waals surface area contributed by atoms with Gasteiger partial charge in [0.2, 0.25) is 11.8 Å². The van der Waals surface area contributed by atoms with Crippen molar-refractivity contribution in [3.63, 3.8) is 0 Å². The van der Waals surface area contributed by atoms with Crippen LogP contribution in [0.15, 0.2) is 30.3 Å². The Morgan fingerprint density at radius 1 is 1.33 bits per heavy atom. The second-order valence-corrected chi connectivity index (χ2v) is 5.36. The first kappa shape index (κ1) is 15.2. The highest BCUT2D eigenvalue weighted by Crippen LogP contribution is 2.19. The second-order valence-electron chi connectivity index (χ2n) is 5.36. The third-order valence-corrected chi connectivity index (χ3v) is 3.77. The van der Waals surface area contributed by atoms with Crippen LogP contribution in [0.4, 0.5) is 4.39 Å². The van der Waals surface area contributed by atoms with E-state index in [1.54, 1.807) is 24.0 Å². The molecule has 21 heavy (non-hydrogen) atoms. The number of halogens is 1. The van der Waals surface area contributed by atoms with E-state index in [1.165, 1.54) is 18.2 Å². The van der Waals surface area contributed by atoms with Gasteiger partial charge in [-0.25, -0.2) is 4.39 Å². The Hall–Kier alpha value is -2.17. The zero-order chi connectivity index (χ0) is 15.4. The molecule has 1 saturated heterocycles. The molecule has 0 spiro atoms. The van der Waals surface area contributed by atoms with E-state index < -0.39 is 0 Å². The minimum atomic E-state index is -0.355. The number of amides is 2. The highest BCUT2D eigenvalue weighted by molar-refractivity contribution is 5.95. The summed E-state index contributed by atoms with van der Waals surface area (Å²) < 4.78 is 12.9. The average molecular weight is 290 g/mol. The number of nitrogens with two attached hydrogens (primary N) is 1. The summed E-state index contributed by atoms with van der Waals surface area (Å²) in [5.41, 5.74) is 6.87. The number of likely N-dealkylation sites (tertiary alicyclic amines) is 1.